The Bertz CT molecular complexity index is 2100. The van der Waals surface area contributed by atoms with Gasteiger partial charge in [0.2, 0.25) is 0 Å². The van der Waals surface area contributed by atoms with Crippen molar-refractivity contribution in [2.24, 2.45) is 11.5 Å². The number of nitrogens with two attached hydrogens (primary N) is 2. The molecule has 5 rings (SSSR count). The number of carboxylic acid groups (broad SMARTS) is 1. The quantitative estimate of drug-likeness (QED) is 0.160. The summed E-state index contributed by atoms with van der Waals surface area (Å²) in [6.45, 7) is 24.0. The molecular formula is C44H55N9O3. The Morgan fingerprint density at radius 2 is 1.04 bits per heavy atom. The average molecular weight is 758 g/mol. The predicted molar refractivity (Wildman–Crippen MR) is 220 cm³/mol. The summed E-state index contributed by atoms with van der Waals surface area (Å²) >= 11 is 0. The number of rotatable bonds is 3. The SMILES string of the molecule is Cc1nc(C(C)(C)C)ccc1C#N.Cc1nc(C(C)(C)C)ccc1C(C)N.Cc1ncccc1C#N.Cc1ncccc1C(=O)O.Cc1ncccc1C(N)=O. The number of aryl methyl sites for hydroxylation is 5. The lowest BCUT2D eigenvalue weighted by Gasteiger charge is -2.20. The molecular weight excluding hydrogens is 703 g/mol. The number of carbonyl (C=O) groups is 2. The van der Waals surface area contributed by atoms with E-state index < -0.39 is 11.9 Å². The van der Waals surface area contributed by atoms with Gasteiger partial charge in [0.05, 0.1) is 39.3 Å². The highest BCUT2D eigenvalue weighted by Gasteiger charge is 2.17. The number of aromatic carboxylic acids is 1. The average Bonchev–Trinajstić information content (AvgIpc) is 3.12. The number of nitriles is 2. The van der Waals surface area contributed by atoms with Gasteiger partial charge < -0.3 is 16.6 Å². The van der Waals surface area contributed by atoms with E-state index in [9.17, 15) is 9.59 Å². The van der Waals surface area contributed by atoms with Crippen LogP contribution >= 0.6 is 0 Å². The first-order chi connectivity index (χ1) is 26.0. The van der Waals surface area contributed by atoms with Crippen LogP contribution in [0, 0.1) is 57.3 Å². The summed E-state index contributed by atoms with van der Waals surface area (Å²) in [4.78, 5) is 41.6. The molecule has 0 aliphatic carbocycles. The molecule has 0 fully saturated rings. The second-order valence-electron chi connectivity index (χ2n) is 14.8. The van der Waals surface area contributed by atoms with Gasteiger partial charge in [-0.05, 0) is 102 Å². The van der Waals surface area contributed by atoms with Crippen molar-refractivity contribution in [1.29, 1.82) is 10.5 Å². The van der Waals surface area contributed by atoms with E-state index in [2.05, 4.69) is 84.7 Å². The van der Waals surface area contributed by atoms with Gasteiger partial charge in [-0.1, -0.05) is 47.6 Å². The molecule has 12 heteroatoms. The minimum absolute atomic E-state index is 0.0543. The molecule has 12 nitrogen and oxygen atoms in total. The van der Waals surface area contributed by atoms with Crippen LogP contribution in [0.2, 0.25) is 0 Å². The lowest BCUT2D eigenvalue weighted by atomic mass is 9.90. The summed E-state index contributed by atoms with van der Waals surface area (Å²) < 4.78 is 0. The standard InChI is InChI=1S/C12H20N2.C11H14N2.C7H8N2O.C7H6N2.C7H7NO2/c1-8(13)10-6-7-11(12(3,4)5)14-9(10)2;1-8-9(7-12)5-6-10(13-8)11(2,3)4;1-5-6(7(8)10)3-2-4-9-5;1-6-7(5-8)3-2-4-9-6;1-5-6(7(9)10)3-2-4-8-5/h6-8H,13H2,1-5H3;5-6H,1-4H3;2-4H,1H3,(H2,8,10);2-4H,1H3;2-4H,1H3,(H,9,10). The summed E-state index contributed by atoms with van der Waals surface area (Å²) in [5.41, 5.74) is 20.3. The van der Waals surface area contributed by atoms with Gasteiger partial charge in [0.1, 0.15) is 12.1 Å². The van der Waals surface area contributed by atoms with Crippen LogP contribution in [-0.2, 0) is 10.8 Å². The van der Waals surface area contributed by atoms with Gasteiger partial charge in [-0.25, -0.2) is 4.79 Å². The number of pyridine rings is 5. The minimum Gasteiger partial charge on any atom is -0.478 e. The lowest BCUT2D eigenvalue weighted by Crippen LogP contribution is -2.16. The summed E-state index contributed by atoms with van der Waals surface area (Å²) in [7, 11) is 0. The van der Waals surface area contributed by atoms with Crippen molar-refractivity contribution in [2.75, 3.05) is 0 Å². The monoisotopic (exact) mass is 757 g/mol. The maximum atomic E-state index is 10.6. The Labute approximate surface area is 331 Å². The highest BCUT2D eigenvalue weighted by Crippen LogP contribution is 2.23. The number of nitrogens with zero attached hydrogens (tertiary/aromatic N) is 7. The first-order valence-corrected chi connectivity index (χ1v) is 17.8. The number of aromatic nitrogens is 5. The van der Waals surface area contributed by atoms with Crippen LogP contribution in [0.1, 0.15) is 132 Å². The molecule has 56 heavy (non-hydrogen) atoms. The van der Waals surface area contributed by atoms with Crippen LogP contribution in [0.3, 0.4) is 0 Å². The predicted octanol–water partition coefficient (Wildman–Crippen LogP) is 8.11. The van der Waals surface area contributed by atoms with Crippen molar-refractivity contribution >= 4 is 11.9 Å². The van der Waals surface area contributed by atoms with Crippen molar-refractivity contribution in [2.45, 2.75) is 100.0 Å². The molecule has 0 saturated carbocycles. The van der Waals surface area contributed by atoms with Crippen molar-refractivity contribution in [3.63, 3.8) is 0 Å². The Morgan fingerprint density at radius 1 is 0.625 bits per heavy atom. The zero-order valence-electron chi connectivity index (χ0n) is 34.6. The fourth-order valence-corrected chi connectivity index (χ4v) is 4.63. The molecule has 0 aliphatic rings. The van der Waals surface area contributed by atoms with Crippen molar-refractivity contribution in [3.8, 4) is 12.1 Å². The van der Waals surface area contributed by atoms with E-state index in [1.165, 1.54) is 6.07 Å². The zero-order chi connectivity index (χ0) is 42.8. The number of hydrogen-bond acceptors (Lipinski definition) is 10. The fraction of sp³-hybridized carbons (Fsp3) is 0.341. The maximum absolute atomic E-state index is 10.6. The third kappa shape index (κ3) is 15.9. The molecule has 0 radical (unpaired) electrons. The van der Waals surface area contributed by atoms with Gasteiger partial charge in [0.25, 0.3) is 5.91 Å². The second-order valence-corrected chi connectivity index (χ2v) is 14.8. The van der Waals surface area contributed by atoms with Gasteiger partial charge >= 0.3 is 5.97 Å². The van der Waals surface area contributed by atoms with Crippen molar-refractivity contribution < 1.29 is 14.7 Å². The number of carboxylic acids is 1. The highest BCUT2D eigenvalue weighted by molar-refractivity contribution is 5.93. The molecule has 1 amide bonds. The summed E-state index contributed by atoms with van der Waals surface area (Å²) in [5.74, 6) is -1.35. The summed E-state index contributed by atoms with van der Waals surface area (Å²) in [6.07, 6.45) is 4.87. The van der Waals surface area contributed by atoms with Gasteiger partial charge in [0, 0.05) is 58.2 Å². The van der Waals surface area contributed by atoms with Gasteiger partial charge in [0.15, 0.2) is 0 Å². The van der Waals surface area contributed by atoms with Crippen molar-refractivity contribution in [3.05, 3.63) is 147 Å². The first-order valence-electron chi connectivity index (χ1n) is 17.8. The topological polar surface area (TPSA) is 218 Å². The molecule has 5 heterocycles. The van der Waals surface area contributed by atoms with Gasteiger partial charge in [-0.2, -0.15) is 10.5 Å². The summed E-state index contributed by atoms with van der Waals surface area (Å²) in [6, 6.07) is 22.1. The van der Waals surface area contributed by atoms with E-state index in [1.807, 2.05) is 45.9 Å². The molecule has 1 unspecified atom stereocenters. The number of amides is 1. The van der Waals surface area contributed by atoms with Gasteiger partial charge in [-0.15, -0.1) is 0 Å². The van der Waals surface area contributed by atoms with Gasteiger partial charge in [-0.3, -0.25) is 29.7 Å². The number of carbonyl (C=O) groups excluding carboxylic acids is 1. The third-order valence-corrected chi connectivity index (χ3v) is 8.00. The fourth-order valence-electron chi connectivity index (χ4n) is 4.63. The Balaban J connectivity index is 0.000000353. The smallest absolute Gasteiger partial charge is 0.337 e. The normalized spacial score (nSPS) is 10.8. The molecule has 0 saturated heterocycles. The largest absolute Gasteiger partial charge is 0.478 e. The molecule has 5 aromatic heterocycles. The van der Waals surface area contributed by atoms with E-state index in [0.29, 0.717) is 28.1 Å². The molecule has 5 N–H and O–H groups in total. The maximum Gasteiger partial charge on any atom is 0.337 e. The molecule has 1 atom stereocenters. The van der Waals surface area contributed by atoms with E-state index in [0.717, 1.165) is 34.0 Å². The van der Waals surface area contributed by atoms with E-state index in [4.69, 9.17) is 27.1 Å². The highest BCUT2D eigenvalue weighted by atomic mass is 16.4. The van der Waals surface area contributed by atoms with E-state index in [1.54, 1.807) is 62.8 Å². The Kier molecular flexibility index (Phi) is 18.8. The number of primary amides is 1. The first kappa shape index (κ1) is 47.7. The van der Waals surface area contributed by atoms with Crippen LogP contribution in [0.4, 0.5) is 0 Å². The molecule has 0 spiro atoms. The van der Waals surface area contributed by atoms with Crippen molar-refractivity contribution in [1.82, 2.24) is 24.9 Å². The van der Waals surface area contributed by atoms with Crippen LogP contribution in [0.5, 0.6) is 0 Å². The summed E-state index contributed by atoms with van der Waals surface area (Å²) in [5, 5.41) is 25.7. The Morgan fingerprint density at radius 3 is 1.34 bits per heavy atom. The van der Waals surface area contributed by atoms with E-state index >= 15 is 0 Å². The third-order valence-electron chi connectivity index (χ3n) is 8.00. The second kappa shape index (κ2) is 22.1. The van der Waals surface area contributed by atoms with Crippen LogP contribution < -0.4 is 11.5 Å². The minimum atomic E-state index is -0.925. The number of hydrogen-bond donors (Lipinski definition) is 3. The van der Waals surface area contributed by atoms with Crippen LogP contribution in [-0.4, -0.2) is 41.9 Å². The molecule has 0 aromatic carbocycles. The molecule has 294 valence electrons. The lowest BCUT2D eigenvalue weighted by molar-refractivity contribution is 0.0695. The van der Waals surface area contributed by atoms with Crippen LogP contribution in [0.15, 0.2) is 79.3 Å². The molecule has 5 aromatic rings. The molecule has 0 aliphatic heterocycles. The van der Waals surface area contributed by atoms with Crippen LogP contribution in [0.25, 0.3) is 0 Å². The zero-order valence-corrected chi connectivity index (χ0v) is 34.6. The molecule has 0 bridgehead atoms. The Hall–Kier alpha value is -6.37. The van der Waals surface area contributed by atoms with E-state index in [-0.39, 0.29) is 22.4 Å².